The van der Waals surface area contributed by atoms with Crippen LogP contribution in [0.1, 0.15) is 78.1 Å². The van der Waals surface area contributed by atoms with E-state index in [9.17, 15) is 19.2 Å². The third-order valence-corrected chi connectivity index (χ3v) is 6.67. The Kier molecular flexibility index (Phi) is 6.80. The van der Waals surface area contributed by atoms with Crippen molar-refractivity contribution in [2.45, 2.75) is 95.7 Å². The first-order chi connectivity index (χ1) is 13.8. The van der Waals surface area contributed by atoms with Crippen molar-refractivity contribution < 1.29 is 23.9 Å². The Labute approximate surface area is 172 Å². The van der Waals surface area contributed by atoms with Crippen molar-refractivity contribution in [1.82, 2.24) is 15.5 Å². The van der Waals surface area contributed by atoms with Crippen molar-refractivity contribution in [2.75, 3.05) is 6.54 Å². The first-order valence-corrected chi connectivity index (χ1v) is 11.0. The fourth-order valence-electron chi connectivity index (χ4n) is 4.80. The van der Waals surface area contributed by atoms with Gasteiger partial charge in [-0.2, -0.15) is 0 Å². The normalized spacial score (nSPS) is 29.3. The second-order valence-electron chi connectivity index (χ2n) is 8.77. The summed E-state index contributed by atoms with van der Waals surface area (Å²) in [6.45, 7) is 3.00. The average Bonchev–Trinajstić information content (AvgIpc) is 2.86. The van der Waals surface area contributed by atoms with Gasteiger partial charge in [0.1, 0.15) is 12.1 Å². The van der Waals surface area contributed by atoms with E-state index < -0.39 is 30.2 Å². The Balaban J connectivity index is 1.52. The maximum absolute atomic E-state index is 12.9. The highest BCUT2D eigenvalue weighted by Crippen LogP contribution is 2.38. The molecule has 3 aliphatic rings. The standard InChI is InChI=1S/C21H33N3O5/c1-14-9-7-8-12-21(14)19(27)24(20(28)23-21)13-17(25)29-15(2)18(26)22-16-10-5-3-4-6-11-16/h14-16H,3-13H2,1-2H3,(H,22,26)(H,23,28)/t14-,15-,21+/m0/s1. The third kappa shape index (κ3) is 4.73. The summed E-state index contributed by atoms with van der Waals surface area (Å²) in [4.78, 5) is 50.9. The maximum Gasteiger partial charge on any atom is 0.327 e. The number of carbonyl (C=O) groups excluding carboxylic acids is 4. The molecule has 1 saturated heterocycles. The largest absolute Gasteiger partial charge is 0.451 e. The Bertz CT molecular complexity index is 659. The van der Waals surface area contributed by atoms with Gasteiger partial charge in [-0.15, -0.1) is 0 Å². The number of hydrogen-bond donors (Lipinski definition) is 2. The minimum atomic E-state index is -0.964. The molecule has 2 aliphatic carbocycles. The molecule has 0 aromatic rings. The van der Waals surface area contributed by atoms with E-state index in [1.54, 1.807) is 0 Å². The molecule has 8 heteroatoms. The molecule has 162 valence electrons. The van der Waals surface area contributed by atoms with Gasteiger partial charge >= 0.3 is 12.0 Å². The van der Waals surface area contributed by atoms with Crippen molar-refractivity contribution in [1.29, 1.82) is 0 Å². The van der Waals surface area contributed by atoms with Gasteiger partial charge in [-0.25, -0.2) is 4.79 Å². The molecule has 3 atom stereocenters. The molecule has 4 amide bonds. The van der Waals surface area contributed by atoms with Crippen LogP contribution in [0.5, 0.6) is 0 Å². The van der Waals surface area contributed by atoms with Gasteiger partial charge in [0.15, 0.2) is 6.10 Å². The van der Waals surface area contributed by atoms with Gasteiger partial charge in [0.05, 0.1) is 0 Å². The number of esters is 1. The molecular formula is C21H33N3O5. The Morgan fingerprint density at radius 1 is 1.14 bits per heavy atom. The molecule has 0 aromatic carbocycles. The summed E-state index contributed by atoms with van der Waals surface area (Å²) >= 11 is 0. The van der Waals surface area contributed by atoms with Crippen LogP contribution in [0.3, 0.4) is 0 Å². The molecule has 1 aliphatic heterocycles. The van der Waals surface area contributed by atoms with Crippen LogP contribution < -0.4 is 10.6 Å². The van der Waals surface area contributed by atoms with Gasteiger partial charge in [-0.05, 0) is 38.5 Å². The van der Waals surface area contributed by atoms with Crippen molar-refractivity contribution in [2.24, 2.45) is 5.92 Å². The Morgan fingerprint density at radius 3 is 2.45 bits per heavy atom. The van der Waals surface area contributed by atoms with E-state index in [1.807, 2.05) is 6.92 Å². The van der Waals surface area contributed by atoms with E-state index in [1.165, 1.54) is 19.8 Å². The van der Waals surface area contributed by atoms with E-state index in [0.717, 1.165) is 49.8 Å². The van der Waals surface area contributed by atoms with Gasteiger partial charge in [-0.1, -0.05) is 45.4 Å². The summed E-state index contributed by atoms with van der Waals surface area (Å²) in [7, 11) is 0. The minimum absolute atomic E-state index is 0.0259. The number of imide groups is 1. The number of hydrogen-bond acceptors (Lipinski definition) is 5. The zero-order chi connectivity index (χ0) is 21.0. The second-order valence-corrected chi connectivity index (χ2v) is 8.77. The molecule has 3 rings (SSSR count). The number of amides is 4. The summed E-state index contributed by atoms with van der Waals surface area (Å²) in [6, 6.07) is -0.444. The van der Waals surface area contributed by atoms with E-state index in [4.69, 9.17) is 4.74 Å². The molecule has 29 heavy (non-hydrogen) atoms. The number of urea groups is 1. The maximum atomic E-state index is 12.9. The highest BCUT2D eigenvalue weighted by molar-refractivity contribution is 6.09. The summed E-state index contributed by atoms with van der Waals surface area (Å²) in [5.41, 5.74) is -0.905. The van der Waals surface area contributed by atoms with E-state index in [0.29, 0.717) is 6.42 Å². The number of nitrogens with one attached hydrogen (secondary N) is 2. The quantitative estimate of drug-likeness (QED) is 0.413. The number of carbonyl (C=O) groups is 4. The van der Waals surface area contributed by atoms with Gasteiger partial charge < -0.3 is 15.4 Å². The zero-order valence-electron chi connectivity index (χ0n) is 17.5. The van der Waals surface area contributed by atoms with Crippen LogP contribution in [-0.2, 0) is 19.1 Å². The van der Waals surface area contributed by atoms with Crippen LogP contribution in [0.25, 0.3) is 0 Å². The molecule has 0 aromatic heterocycles. The molecule has 2 N–H and O–H groups in total. The van der Waals surface area contributed by atoms with Crippen molar-refractivity contribution in [3.8, 4) is 0 Å². The first-order valence-electron chi connectivity index (χ1n) is 11.0. The predicted molar refractivity (Wildman–Crippen MR) is 106 cm³/mol. The third-order valence-electron chi connectivity index (χ3n) is 6.67. The van der Waals surface area contributed by atoms with E-state index in [-0.39, 0.29) is 23.8 Å². The van der Waals surface area contributed by atoms with Gasteiger partial charge in [0.25, 0.3) is 11.8 Å². The highest BCUT2D eigenvalue weighted by Gasteiger charge is 2.55. The van der Waals surface area contributed by atoms with Crippen LogP contribution in [-0.4, -0.2) is 52.9 Å². The zero-order valence-corrected chi connectivity index (χ0v) is 17.5. The smallest absolute Gasteiger partial charge is 0.327 e. The van der Waals surface area contributed by atoms with Gasteiger partial charge in [0, 0.05) is 6.04 Å². The fraction of sp³-hybridized carbons (Fsp3) is 0.810. The van der Waals surface area contributed by atoms with Crippen LogP contribution >= 0.6 is 0 Å². The minimum Gasteiger partial charge on any atom is -0.451 e. The number of nitrogens with zero attached hydrogens (tertiary/aromatic N) is 1. The predicted octanol–water partition coefficient (Wildman–Crippen LogP) is 2.26. The lowest BCUT2D eigenvalue weighted by atomic mass is 9.73. The van der Waals surface area contributed by atoms with Crippen LogP contribution in [0.15, 0.2) is 0 Å². The molecular weight excluding hydrogens is 374 g/mol. The average molecular weight is 408 g/mol. The second kappa shape index (κ2) is 9.13. The summed E-state index contributed by atoms with van der Waals surface area (Å²) < 4.78 is 5.22. The molecule has 8 nitrogen and oxygen atoms in total. The van der Waals surface area contributed by atoms with Crippen molar-refractivity contribution >= 4 is 23.8 Å². The number of rotatable bonds is 5. The Morgan fingerprint density at radius 2 is 1.79 bits per heavy atom. The van der Waals surface area contributed by atoms with E-state index in [2.05, 4.69) is 10.6 Å². The molecule has 1 heterocycles. The van der Waals surface area contributed by atoms with Gasteiger partial charge in [0.2, 0.25) is 0 Å². The SMILES string of the molecule is C[C@H](OC(=O)CN1C(=O)N[C@@]2(CCCC[C@@H]2C)C1=O)C(=O)NC1CCCCCC1. The lowest BCUT2D eigenvalue weighted by Crippen LogP contribution is -2.54. The molecule has 3 fully saturated rings. The first kappa shape index (κ1) is 21.6. The molecule has 0 unspecified atom stereocenters. The molecule has 0 radical (unpaired) electrons. The Hall–Kier alpha value is -2.12. The fourth-order valence-corrected chi connectivity index (χ4v) is 4.80. The molecule has 0 bridgehead atoms. The van der Waals surface area contributed by atoms with Crippen LogP contribution in [0.4, 0.5) is 4.79 Å². The van der Waals surface area contributed by atoms with Crippen molar-refractivity contribution in [3.05, 3.63) is 0 Å². The lowest BCUT2D eigenvalue weighted by molar-refractivity contribution is -0.157. The summed E-state index contributed by atoms with van der Waals surface area (Å²) in [6.07, 6.45) is 8.81. The number of ether oxygens (including phenoxy) is 1. The molecule has 2 saturated carbocycles. The van der Waals surface area contributed by atoms with Gasteiger partial charge in [-0.3, -0.25) is 19.3 Å². The lowest BCUT2D eigenvalue weighted by Gasteiger charge is -2.36. The van der Waals surface area contributed by atoms with Crippen molar-refractivity contribution in [3.63, 3.8) is 0 Å². The monoisotopic (exact) mass is 407 g/mol. The van der Waals surface area contributed by atoms with E-state index >= 15 is 0 Å². The highest BCUT2D eigenvalue weighted by atomic mass is 16.5. The molecule has 1 spiro atoms. The van der Waals surface area contributed by atoms with Crippen LogP contribution in [0, 0.1) is 5.92 Å². The summed E-state index contributed by atoms with van der Waals surface area (Å²) in [5, 5.41) is 5.76. The topological polar surface area (TPSA) is 105 Å². The summed E-state index contributed by atoms with van der Waals surface area (Å²) in [5.74, 6) is -1.42. The van der Waals surface area contributed by atoms with Crippen LogP contribution in [0.2, 0.25) is 0 Å².